The molecule has 0 fully saturated rings. The van der Waals surface area contributed by atoms with Crippen molar-refractivity contribution in [3.8, 4) is 0 Å². The Morgan fingerprint density at radius 3 is 2.59 bits per heavy atom. The Hall–Kier alpha value is -3.34. The first kappa shape index (κ1) is 23.3. The largest absolute Gasteiger partial charge is 0.336 e. The fourth-order valence-electron chi connectivity index (χ4n) is 3.40. The van der Waals surface area contributed by atoms with Crippen molar-refractivity contribution in [2.24, 2.45) is 14.1 Å². The fourth-order valence-corrected chi connectivity index (χ4v) is 3.95. The molecule has 0 unspecified atom stereocenters. The monoisotopic (exact) mass is 458 g/mol. The van der Waals surface area contributed by atoms with E-state index in [0.29, 0.717) is 29.8 Å². The van der Waals surface area contributed by atoms with Crippen LogP contribution in [-0.2, 0) is 30.2 Å². The lowest BCUT2D eigenvalue weighted by atomic mass is 10.2. The molecule has 2 heterocycles. The standard InChI is InChI=1S/C21H26N6O4S/c1-24(12-16(28)23-14-8-5-6-9-15(14)32-4)17(29)10-7-11-27-13-22-19-18(27)20(30)26(3)21(31)25(19)2/h5-6,8-9,13H,7,10-12H2,1-4H3,(H,23,28). The smallest absolute Gasteiger partial charge is 0.332 e. The van der Waals surface area contributed by atoms with Gasteiger partial charge in [0, 0.05) is 39.0 Å². The number of benzene rings is 1. The van der Waals surface area contributed by atoms with Crippen molar-refractivity contribution in [2.45, 2.75) is 24.3 Å². The molecule has 0 saturated carbocycles. The molecule has 11 heteroatoms. The SMILES string of the molecule is CSc1ccccc1NC(=O)CN(C)C(=O)CCCn1cnc2c1c(=O)n(C)c(=O)n2C. The topological polar surface area (TPSA) is 111 Å². The maximum Gasteiger partial charge on any atom is 0.332 e. The van der Waals surface area contributed by atoms with E-state index in [0.717, 1.165) is 9.46 Å². The van der Waals surface area contributed by atoms with Gasteiger partial charge in [0.05, 0.1) is 18.6 Å². The average Bonchev–Trinajstić information content (AvgIpc) is 3.20. The van der Waals surface area contributed by atoms with Crippen LogP contribution >= 0.6 is 11.8 Å². The predicted molar refractivity (Wildman–Crippen MR) is 124 cm³/mol. The predicted octanol–water partition coefficient (Wildman–Crippen LogP) is 1.03. The van der Waals surface area contributed by atoms with Crippen molar-refractivity contribution in [3.63, 3.8) is 0 Å². The molecular formula is C21H26N6O4S. The van der Waals surface area contributed by atoms with Gasteiger partial charge in [-0.15, -0.1) is 11.8 Å². The Bertz CT molecular complexity index is 1280. The molecule has 0 bridgehead atoms. The molecule has 0 aliphatic carbocycles. The van der Waals surface area contributed by atoms with Gasteiger partial charge in [0.15, 0.2) is 11.2 Å². The van der Waals surface area contributed by atoms with Crippen molar-refractivity contribution in [1.82, 2.24) is 23.6 Å². The highest BCUT2D eigenvalue weighted by Gasteiger charge is 2.16. The third kappa shape index (κ3) is 4.77. The summed E-state index contributed by atoms with van der Waals surface area (Å²) in [7, 11) is 4.56. The van der Waals surface area contributed by atoms with E-state index >= 15 is 0 Å². The Balaban J connectivity index is 1.57. The first-order chi connectivity index (χ1) is 15.2. The lowest BCUT2D eigenvalue weighted by molar-refractivity contribution is -0.133. The van der Waals surface area contributed by atoms with E-state index in [2.05, 4.69) is 10.3 Å². The quantitative estimate of drug-likeness (QED) is 0.505. The molecule has 32 heavy (non-hydrogen) atoms. The number of thioether (sulfide) groups is 1. The number of nitrogens with zero attached hydrogens (tertiary/aromatic N) is 5. The van der Waals surface area contributed by atoms with E-state index in [9.17, 15) is 19.2 Å². The highest BCUT2D eigenvalue weighted by molar-refractivity contribution is 7.98. The minimum Gasteiger partial charge on any atom is -0.336 e. The van der Waals surface area contributed by atoms with E-state index in [1.54, 1.807) is 18.7 Å². The molecule has 0 atom stereocenters. The minimum absolute atomic E-state index is 0.0573. The highest BCUT2D eigenvalue weighted by atomic mass is 32.2. The Kier molecular flexibility index (Phi) is 7.18. The summed E-state index contributed by atoms with van der Waals surface area (Å²) in [4.78, 5) is 55.8. The van der Waals surface area contributed by atoms with Crippen LogP contribution in [0.25, 0.3) is 11.2 Å². The number of anilines is 1. The number of aromatic nitrogens is 4. The van der Waals surface area contributed by atoms with E-state index < -0.39 is 11.2 Å². The lowest BCUT2D eigenvalue weighted by Gasteiger charge is -2.17. The van der Waals surface area contributed by atoms with E-state index in [-0.39, 0.29) is 24.8 Å². The van der Waals surface area contributed by atoms with Crippen molar-refractivity contribution in [3.05, 3.63) is 51.4 Å². The number of para-hydroxylation sites is 1. The molecule has 3 rings (SSSR count). The number of hydrogen-bond donors (Lipinski definition) is 1. The second-order valence-electron chi connectivity index (χ2n) is 7.42. The average molecular weight is 459 g/mol. The van der Waals surface area contributed by atoms with Crippen LogP contribution < -0.4 is 16.6 Å². The fraction of sp³-hybridized carbons (Fsp3) is 0.381. The lowest BCUT2D eigenvalue weighted by Crippen LogP contribution is -2.37. The summed E-state index contributed by atoms with van der Waals surface area (Å²) in [6, 6.07) is 7.48. The van der Waals surface area contributed by atoms with E-state index in [1.165, 1.54) is 34.6 Å². The molecule has 2 amide bonds. The van der Waals surface area contributed by atoms with Crippen molar-refractivity contribution >= 4 is 40.4 Å². The van der Waals surface area contributed by atoms with Gasteiger partial charge >= 0.3 is 5.69 Å². The molecule has 0 saturated heterocycles. The van der Waals surface area contributed by atoms with Gasteiger partial charge in [-0.1, -0.05) is 12.1 Å². The zero-order valence-corrected chi connectivity index (χ0v) is 19.3. The van der Waals surface area contributed by atoms with Crippen LogP contribution in [0.2, 0.25) is 0 Å². The van der Waals surface area contributed by atoms with Crippen molar-refractivity contribution in [1.29, 1.82) is 0 Å². The number of carbonyl (C=O) groups is 2. The molecule has 10 nitrogen and oxygen atoms in total. The maximum absolute atomic E-state index is 12.5. The van der Waals surface area contributed by atoms with Gasteiger partial charge in [-0.05, 0) is 24.8 Å². The third-order valence-corrected chi connectivity index (χ3v) is 5.99. The third-order valence-electron chi connectivity index (χ3n) is 5.19. The number of amides is 2. The second kappa shape index (κ2) is 9.86. The molecular weight excluding hydrogens is 432 g/mol. The van der Waals surface area contributed by atoms with Crippen LogP contribution in [0.3, 0.4) is 0 Å². The zero-order chi connectivity index (χ0) is 23.4. The van der Waals surface area contributed by atoms with E-state index in [1.807, 2.05) is 30.5 Å². The summed E-state index contributed by atoms with van der Waals surface area (Å²) >= 11 is 1.53. The molecule has 0 aliphatic rings. The zero-order valence-electron chi connectivity index (χ0n) is 18.5. The minimum atomic E-state index is -0.442. The Morgan fingerprint density at radius 2 is 1.88 bits per heavy atom. The van der Waals surface area contributed by atoms with Gasteiger partial charge in [0.2, 0.25) is 11.8 Å². The van der Waals surface area contributed by atoms with Crippen molar-refractivity contribution in [2.75, 3.05) is 25.2 Å². The summed E-state index contributed by atoms with van der Waals surface area (Å²) in [6.45, 7) is 0.328. The number of hydrogen-bond acceptors (Lipinski definition) is 6. The summed E-state index contributed by atoms with van der Waals surface area (Å²) in [5.41, 5.74) is 0.481. The Labute approximate surface area is 188 Å². The molecule has 0 radical (unpaired) electrons. The number of carbonyl (C=O) groups excluding carboxylic acids is 2. The molecule has 0 aliphatic heterocycles. The summed E-state index contributed by atoms with van der Waals surface area (Å²) < 4.78 is 4.00. The van der Waals surface area contributed by atoms with Crippen LogP contribution in [0.1, 0.15) is 12.8 Å². The van der Waals surface area contributed by atoms with Gasteiger partial charge in [0.1, 0.15) is 0 Å². The highest BCUT2D eigenvalue weighted by Crippen LogP contribution is 2.24. The van der Waals surface area contributed by atoms with E-state index in [4.69, 9.17) is 0 Å². The van der Waals surface area contributed by atoms with Crippen LogP contribution in [-0.4, -0.2) is 55.2 Å². The number of imidazole rings is 1. The number of fused-ring (bicyclic) bond motifs is 1. The van der Waals surface area contributed by atoms with Crippen LogP contribution in [0, 0.1) is 0 Å². The summed E-state index contributed by atoms with van der Waals surface area (Å²) in [5, 5.41) is 2.84. The van der Waals surface area contributed by atoms with Crippen LogP contribution in [0.4, 0.5) is 5.69 Å². The molecule has 1 N–H and O–H groups in total. The number of aryl methyl sites for hydroxylation is 2. The van der Waals surface area contributed by atoms with Crippen LogP contribution in [0.5, 0.6) is 0 Å². The molecule has 3 aromatic rings. The molecule has 2 aromatic heterocycles. The maximum atomic E-state index is 12.5. The number of rotatable bonds is 8. The number of nitrogens with one attached hydrogen (secondary N) is 1. The first-order valence-corrected chi connectivity index (χ1v) is 11.2. The normalized spacial score (nSPS) is 11.0. The van der Waals surface area contributed by atoms with Crippen LogP contribution in [0.15, 0.2) is 45.1 Å². The Morgan fingerprint density at radius 1 is 1.16 bits per heavy atom. The van der Waals surface area contributed by atoms with Gasteiger partial charge in [-0.3, -0.25) is 23.5 Å². The van der Waals surface area contributed by atoms with Gasteiger partial charge in [0.25, 0.3) is 5.56 Å². The number of likely N-dealkylation sites (N-methyl/N-ethyl adjacent to an activating group) is 1. The summed E-state index contributed by atoms with van der Waals surface area (Å²) in [6.07, 6.45) is 4.09. The van der Waals surface area contributed by atoms with Crippen molar-refractivity contribution < 1.29 is 9.59 Å². The molecule has 170 valence electrons. The summed E-state index contributed by atoms with van der Waals surface area (Å²) in [5.74, 6) is -0.449. The second-order valence-corrected chi connectivity index (χ2v) is 8.27. The molecule has 1 aromatic carbocycles. The molecule has 0 spiro atoms. The van der Waals surface area contributed by atoms with Gasteiger partial charge in [-0.2, -0.15) is 0 Å². The van der Waals surface area contributed by atoms with Gasteiger partial charge in [-0.25, -0.2) is 9.78 Å². The first-order valence-electron chi connectivity index (χ1n) is 10.0. The van der Waals surface area contributed by atoms with Gasteiger partial charge < -0.3 is 14.8 Å².